The molecule has 2 aromatic rings. The molecule has 1 saturated carbocycles. The van der Waals surface area contributed by atoms with Gasteiger partial charge in [0.1, 0.15) is 0 Å². The minimum Gasteiger partial charge on any atom is -0.381 e. The maximum Gasteiger partial charge on any atom is 0.252 e. The molecule has 0 radical (unpaired) electrons. The van der Waals surface area contributed by atoms with Gasteiger partial charge in [0, 0.05) is 66.6 Å². The molecule has 1 saturated heterocycles. The maximum atomic E-state index is 13.1. The van der Waals surface area contributed by atoms with Crippen LogP contribution in [0.25, 0.3) is 11.4 Å². The van der Waals surface area contributed by atoms with Gasteiger partial charge in [-0.1, -0.05) is 23.9 Å². The molecule has 1 aliphatic heterocycles. The minimum atomic E-state index is -2.59. The van der Waals surface area contributed by atoms with E-state index in [-0.39, 0.29) is 24.8 Å². The van der Waals surface area contributed by atoms with Gasteiger partial charge >= 0.3 is 0 Å². The first-order chi connectivity index (χ1) is 13.8. The van der Waals surface area contributed by atoms with Gasteiger partial charge in [-0.3, -0.25) is 0 Å². The highest BCUT2D eigenvalue weighted by Crippen LogP contribution is 2.40. The summed E-state index contributed by atoms with van der Waals surface area (Å²) in [5.41, 5.74) is 3.09. The summed E-state index contributed by atoms with van der Waals surface area (Å²) in [6.45, 7) is 7.85. The smallest absolute Gasteiger partial charge is 0.252 e. The molecule has 0 spiro atoms. The zero-order chi connectivity index (χ0) is 20.6. The van der Waals surface area contributed by atoms with Crippen LogP contribution >= 0.6 is 0 Å². The Kier molecular flexibility index (Phi) is 5.10. The van der Waals surface area contributed by atoms with Gasteiger partial charge in [-0.05, 0) is 25.8 Å². The standard InChI is InChI=1S/C21H25F2N5O/c1-13(2)28-7-5-14(6-8-28)20-26-19(27-29-20)15-3-4-16(12-24)18(9-15)25-17-10-21(22,23)11-17/h3-4,9,12,14,17,24-25H,1,5-8,10-11H2,2H3. The number of benzene rings is 1. The fourth-order valence-electron chi connectivity index (χ4n) is 3.96. The van der Waals surface area contributed by atoms with Crippen molar-refractivity contribution in [3.8, 4) is 11.4 Å². The van der Waals surface area contributed by atoms with Crippen molar-refractivity contribution >= 4 is 11.9 Å². The van der Waals surface area contributed by atoms with Crippen molar-refractivity contribution in [1.29, 1.82) is 5.41 Å². The first kappa shape index (κ1) is 19.5. The van der Waals surface area contributed by atoms with Crippen LogP contribution in [0.3, 0.4) is 0 Å². The fraction of sp³-hybridized carbons (Fsp3) is 0.476. The average Bonchev–Trinajstić information content (AvgIpc) is 3.17. The quantitative estimate of drug-likeness (QED) is 0.689. The number of hydrogen-bond acceptors (Lipinski definition) is 6. The lowest BCUT2D eigenvalue weighted by Crippen LogP contribution is -2.44. The van der Waals surface area contributed by atoms with E-state index < -0.39 is 5.92 Å². The Morgan fingerprint density at radius 3 is 2.69 bits per heavy atom. The molecule has 154 valence electrons. The molecule has 8 heteroatoms. The van der Waals surface area contributed by atoms with Crippen LogP contribution in [0.15, 0.2) is 35.0 Å². The molecule has 2 N–H and O–H groups in total. The van der Waals surface area contributed by atoms with Crippen LogP contribution in [0.4, 0.5) is 14.5 Å². The van der Waals surface area contributed by atoms with E-state index in [1.807, 2.05) is 13.0 Å². The van der Waals surface area contributed by atoms with E-state index >= 15 is 0 Å². The van der Waals surface area contributed by atoms with Crippen molar-refractivity contribution < 1.29 is 13.3 Å². The lowest BCUT2D eigenvalue weighted by atomic mass is 9.88. The third kappa shape index (κ3) is 4.16. The molecule has 1 aromatic carbocycles. The Labute approximate surface area is 168 Å². The molecular weight excluding hydrogens is 376 g/mol. The van der Waals surface area contributed by atoms with Crippen molar-refractivity contribution in [2.45, 2.75) is 50.5 Å². The molecule has 1 aliphatic carbocycles. The molecule has 6 nitrogen and oxygen atoms in total. The van der Waals surface area contributed by atoms with Crippen molar-refractivity contribution in [3.63, 3.8) is 0 Å². The van der Waals surface area contributed by atoms with Crippen molar-refractivity contribution in [2.75, 3.05) is 18.4 Å². The van der Waals surface area contributed by atoms with E-state index in [1.165, 1.54) is 6.21 Å². The van der Waals surface area contributed by atoms with E-state index in [4.69, 9.17) is 9.93 Å². The molecule has 2 aliphatic rings. The normalized spacial score (nSPS) is 19.6. The van der Waals surface area contributed by atoms with Gasteiger partial charge < -0.3 is 20.1 Å². The number of rotatable bonds is 6. The first-order valence-corrected chi connectivity index (χ1v) is 9.88. The number of nitrogens with one attached hydrogen (secondary N) is 2. The molecule has 0 bridgehead atoms. The largest absolute Gasteiger partial charge is 0.381 e. The first-order valence-electron chi connectivity index (χ1n) is 9.88. The molecule has 1 aromatic heterocycles. The van der Waals surface area contributed by atoms with Gasteiger partial charge in [0.05, 0.1) is 0 Å². The summed E-state index contributed by atoms with van der Waals surface area (Å²) in [6, 6.07) is 5.09. The highest BCUT2D eigenvalue weighted by Gasteiger charge is 2.45. The predicted octanol–water partition coefficient (Wildman–Crippen LogP) is 4.66. The number of nitrogens with zero attached hydrogens (tertiary/aromatic N) is 3. The third-order valence-corrected chi connectivity index (χ3v) is 5.74. The molecular formula is C21H25F2N5O. The van der Waals surface area contributed by atoms with Crippen LogP contribution in [-0.4, -0.2) is 46.3 Å². The molecule has 0 atom stereocenters. The Balaban J connectivity index is 1.48. The zero-order valence-electron chi connectivity index (χ0n) is 16.4. The molecule has 2 heterocycles. The predicted molar refractivity (Wildman–Crippen MR) is 108 cm³/mol. The van der Waals surface area contributed by atoms with Gasteiger partial charge in [-0.25, -0.2) is 8.78 Å². The zero-order valence-corrected chi connectivity index (χ0v) is 16.4. The Bertz CT molecular complexity index is 910. The average molecular weight is 401 g/mol. The Morgan fingerprint density at radius 2 is 2.07 bits per heavy atom. The number of halogens is 2. The molecule has 0 amide bonds. The summed E-state index contributed by atoms with van der Waals surface area (Å²) >= 11 is 0. The number of piperidine rings is 1. The lowest BCUT2D eigenvalue weighted by molar-refractivity contribution is -0.0793. The Hall–Kier alpha value is -2.77. The second-order valence-electron chi connectivity index (χ2n) is 8.00. The molecule has 29 heavy (non-hydrogen) atoms. The number of hydrogen-bond donors (Lipinski definition) is 2. The number of likely N-dealkylation sites (tertiary alicyclic amines) is 1. The number of alkyl halides is 2. The summed E-state index contributed by atoms with van der Waals surface area (Å²) in [5.74, 6) is -1.27. The maximum absolute atomic E-state index is 13.1. The second kappa shape index (κ2) is 7.57. The summed E-state index contributed by atoms with van der Waals surface area (Å²) in [7, 11) is 0. The summed E-state index contributed by atoms with van der Waals surface area (Å²) in [5, 5.41) is 14.8. The van der Waals surface area contributed by atoms with Crippen molar-refractivity contribution in [2.24, 2.45) is 0 Å². The van der Waals surface area contributed by atoms with Gasteiger partial charge in [-0.15, -0.1) is 0 Å². The van der Waals surface area contributed by atoms with E-state index in [1.54, 1.807) is 12.1 Å². The van der Waals surface area contributed by atoms with Gasteiger partial charge in [0.15, 0.2) is 0 Å². The van der Waals surface area contributed by atoms with Crippen LogP contribution in [0.1, 0.15) is 50.0 Å². The van der Waals surface area contributed by atoms with Crippen LogP contribution in [-0.2, 0) is 0 Å². The number of anilines is 1. The minimum absolute atomic E-state index is 0.191. The number of allylic oxidation sites excluding steroid dienone is 1. The SMILES string of the molecule is C=C(C)N1CCC(c2nc(-c3ccc(C=N)c(NC4CC(F)(F)C4)c3)no2)CC1. The Morgan fingerprint density at radius 1 is 1.34 bits per heavy atom. The second-order valence-corrected chi connectivity index (χ2v) is 8.00. The van der Waals surface area contributed by atoms with Crippen LogP contribution in [0.5, 0.6) is 0 Å². The van der Waals surface area contributed by atoms with Crippen molar-refractivity contribution in [1.82, 2.24) is 15.0 Å². The van der Waals surface area contributed by atoms with E-state index in [0.717, 1.165) is 37.2 Å². The fourth-order valence-corrected chi connectivity index (χ4v) is 3.96. The molecule has 0 unspecified atom stereocenters. The highest BCUT2D eigenvalue weighted by molar-refractivity contribution is 5.87. The third-order valence-electron chi connectivity index (χ3n) is 5.74. The summed E-state index contributed by atoms with van der Waals surface area (Å²) in [4.78, 5) is 6.84. The van der Waals surface area contributed by atoms with Gasteiger partial charge in [0.25, 0.3) is 5.92 Å². The monoisotopic (exact) mass is 401 g/mol. The highest BCUT2D eigenvalue weighted by atomic mass is 19.3. The van der Waals surface area contributed by atoms with Gasteiger partial charge in [0.2, 0.25) is 11.7 Å². The topological polar surface area (TPSA) is 78.0 Å². The van der Waals surface area contributed by atoms with Crippen LogP contribution in [0.2, 0.25) is 0 Å². The van der Waals surface area contributed by atoms with E-state index in [9.17, 15) is 8.78 Å². The molecule has 4 rings (SSSR count). The van der Waals surface area contributed by atoms with Gasteiger partial charge in [-0.2, -0.15) is 4.98 Å². The van der Waals surface area contributed by atoms with E-state index in [0.29, 0.717) is 23.0 Å². The number of aromatic nitrogens is 2. The van der Waals surface area contributed by atoms with Crippen molar-refractivity contribution in [3.05, 3.63) is 41.9 Å². The van der Waals surface area contributed by atoms with Crippen LogP contribution in [0, 0.1) is 5.41 Å². The lowest BCUT2D eigenvalue weighted by Gasteiger charge is -2.36. The van der Waals surface area contributed by atoms with Crippen LogP contribution < -0.4 is 5.32 Å². The summed E-state index contributed by atoms with van der Waals surface area (Å²) in [6.07, 6.45) is 2.70. The van der Waals surface area contributed by atoms with E-state index in [2.05, 4.69) is 26.9 Å². The summed E-state index contributed by atoms with van der Waals surface area (Å²) < 4.78 is 31.8. The molecule has 2 fully saturated rings.